The highest BCUT2D eigenvalue weighted by Crippen LogP contribution is 2.29. The van der Waals surface area contributed by atoms with Gasteiger partial charge in [-0.15, -0.1) is 0 Å². The van der Waals surface area contributed by atoms with Crippen molar-refractivity contribution >= 4 is 22.3 Å². The lowest BCUT2D eigenvalue weighted by Crippen LogP contribution is -2.00. The van der Waals surface area contributed by atoms with Gasteiger partial charge in [0.15, 0.2) is 11.3 Å². The number of fused-ring (bicyclic) bond motifs is 2. The quantitative estimate of drug-likeness (QED) is 0.429. The molecule has 0 aliphatic heterocycles. The minimum absolute atomic E-state index is 0.292. The standard InChI is InChI=1S/C23H17FN4O/c1-2-29-18-13-11-17(12-14-18)28-22(15-7-9-16(24)10-8-15)27-21-23(28)26-20-6-4-3-5-19(20)25-21/h3-14H,2H2,1H3. The fraction of sp³-hybridized carbons (Fsp3) is 0.0870. The molecule has 5 aromatic rings. The number of benzene rings is 3. The number of imidazole rings is 1. The Morgan fingerprint density at radius 1 is 0.828 bits per heavy atom. The topological polar surface area (TPSA) is 52.8 Å². The summed E-state index contributed by atoms with van der Waals surface area (Å²) in [6, 6.07) is 21.7. The predicted molar refractivity (Wildman–Crippen MR) is 111 cm³/mol. The van der Waals surface area contributed by atoms with Gasteiger partial charge in [-0.3, -0.25) is 4.57 Å². The number of rotatable bonds is 4. The number of hydrogen-bond donors (Lipinski definition) is 0. The van der Waals surface area contributed by atoms with Crippen molar-refractivity contribution in [1.29, 1.82) is 0 Å². The minimum atomic E-state index is -0.292. The van der Waals surface area contributed by atoms with Crippen LogP contribution in [0, 0.1) is 5.82 Å². The number of nitrogens with zero attached hydrogens (tertiary/aromatic N) is 4. The molecule has 0 saturated heterocycles. The maximum atomic E-state index is 13.5. The van der Waals surface area contributed by atoms with Gasteiger partial charge in [0.2, 0.25) is 0 Å². The molecular weight excluding hydrogens is 367 g/mol. The van der Waals surface area contributed by atoms with E-state index in [1.807, 2.05) is 60.0 Å². The van der Waals surface area contributed by atoms with Crippen molar-refractivity contribution in [3.05, 3.63) is 78.6 Å². The second kappa shape index (κ2) is 6.98. The van der Waals surface area contributed by atoms with Crippen LogP contribution in [-0.2, 0) is 0 Å². The average molecular weight is 384 g/mol. The first-order chi connectivity index (χ1) is 14.2. The molecule has 29 heavy (non-hydrogen) atoms. The largest absolute Gasteiger partial charge is 0.494 e. The number of halogens is 1. The Hall–Kier alpha value is -3.80. The van der Waals surface area contributed by atoms with E-state index in [1.165, 1.54) is 12.1 Å². The van der Waals surface area contributed by atoms with Gasteiger partial charge in [0.1, 0.15) is 17.4 Å². The molecule has 0 N–H and O–H groups in total. The second-order valence-electron chi connectivity index (χ2n) is 6.56. The molecule has 2 heterocycles. The van der Waals surface area contributed by atoms with Crippen LogP contribution in [0.1, 0.15) is 6.92 Å². The third-order valence-electron chi connectivity index (χ3n) is 4.68. The molecule has 5 rings (SSSR count). The first-order valence-electron chi connectivity index (χ1n) is 9.37. The highest BCUT2D eigenvalue weighted by Gasteiger charge is 2.17. The fourth-order valence-electron chi connectivity index (χ4n) is 3.35. The third-order valence-corrected chi connectivity index (χ3v) is 4.68. The zero-order valence-electron chi connectivity index (χ0n) is 15.7. The molecule has 0 spiro atoms. The van der Waals surface area contributed by atoms with E-state index in [9.17, 15) is 4.39 Å². The van der Waals surface area contributed by atoms with Gasteiger partial charge in [0.25, 0.3) is 0 Å². The van der Waals surface area contributed by atoms with E-state index in [-0.39, 0.29) is 5.82 Å². The molecule has 0 saturated carbocycles. The van der Waals surface area contributed by atoms with Gasteiger partial charge in [-0.05, 0) is 67.6 Å². The van der Waals surface area contributed by atoms with Gasteiger partial charge in [-0.25, -0.2) is 19.3 Å². The van der Waals surface area contributed by atoms with Crippen LogP contribution in [0.15, 0.2) is 72.8 Å². The van der Waals surface area contributed by atoms with Crippen LogP contribution in [-0.4, -0.2) is 26.1 Å². The highest BCUT2D eigenvalue weighted by atomic mass is 19.1. The van der Waals surface area contributed by atoms with E-state index in [4.69, 9.17) is 14.7 Å². The molecule has 0 amide bonds. The van der Waals surface area contributed by atoms with Crippen LogP contribution in [0.25, 0.3) is 39.4 Å². The van der Waals surface area contributed by atoms with E-state index in [2.05, 4.69) is 4.98 Å². The zero-order valence-corrected chi connectivity index (χ0v) is 15.7. The van der Waals surface area contributed by atoms with Crippen LogP contribution < -0.4 is 4.74 Å². The van der Waals surface area contributed by atoms with Gasteiger partial charge in [0.05, 0.1) is 17.6 Å². The van der Waals surface area contributed by atoms with Crippen molar-refractivity contribution in [3.63, 3.8) is 0 Å². The Labute approximate surface area is 166 Å². The summed E-state index contributed by atoms with van der Waals surface area (Å²) in [6.45, 7) is 2.55. The number of para-hydroxylation sites is 2. The zero-order chi connectivity index (χ0) is 19.8. The summed E-state index contributed by atoms with van der Waals surface area (Å²) < 4.78 is 21.0. The molecule has 0 unspecified atom stereocenters. The lowest BCUT2D eigenvalue weighted by molar-refractivity contribution is 0.340. The monoisotopic (exact) mass is 384 g/mol. The first kappa shape index (κ1) is 17.3. The van der Waals surface area contributed by atoms with E-state index in [0.717, 1.165) is 28.0 Å². The lowest BCUT2D eigenvalue weighted by Gasteiger charge is -2.10. The molecule has 6 heteroatoms. The molecule has 0 atom stereocenters. The summed E-state index contributed by atoms with van der Waals surface area (Å²) >= 11 is 0. The van der Waals surface area contributed by atoms with Crippen molar-refractivity contribution in [3.8, 4) is 22.8 Å². The van der Waals surface area contributed by atoms with Crippen LogP contribution in [0.4, 0.5) is 4.39 Å². The first-order valence-corrected chi connectivity index (χ1v) is 9.37. The molecule has 142 valence electrons. The summed E-state index contributed by atoms with van der Waals surface area (Å²) in [4.78, 5) is 14.2. The summed E-state index contributed by atoms with van der Waals surface area (Å²) in [5.41, 5.74) is 4.41. The smallest absolute Gasteiger partial charge is 0.199 e. The average Bonchev–Trinajstić information content (AvgIpc) is 3.11. The number of ether oxygens (including phenoxy) is 1. The summed E-state index contributed by atoms with van der Waals surface area (Å²) in [6.07, 6.45) is 0. The van der Waals surface area contributed by atoms with Crippen molar-refractivity contribution in [1.82, 2.24) is 19.5 Å². The molecular formula is C23H17FN4O. The Kier molecular flexibility index (Phi) is 4.17. The van der Waals surface area contributed by atoms with E-state index >= 15 is 0 Å². The van der Waals surface area contributed by atoms with Crippen molar-refractivity contribution in [2.45, 2.75) is 6.92 Å². The van der Waals surface area contributed by atoms with Gasteiger partial charge >= 0.3 is 0 Å². The molecule has 3 aromatic carbocycles. The number of aromatic nitrogens is 4. The minimum Gasteiger partial charge on any atom is -0.494 e. The molecule has 0 fully saturated rings. The molecule has 0 aliphatic rings. The molecule has 0 radical (unpaired) electrons. The normalized spacial score (nSPS) is 11.2. The Balaban J connectivity index is 1.78. The lowest BCUT2D eigenvalue weighted by atomic mass is 10.2. The van der Waals surface area contributed by atoms with Gasteiger partial charge < -0.3 is 4.74 Å². The summed E-state index contributed by atoms with van der Waals surface area (Å²) in [7, 11) is 0. The Morgan fingerprint density at radius 3 is 2.21 bits per heavy atom. The second-order valence-corrected chi connectivity index (χ2v) is 6.56. The maximum absolute atomic E-state index is 13.5. The van der Waals surface area contributed by atoms with E-state index < -0.39 is 0 Å². The molecule has 2 aromatic heterocycles. The Bertz CT molecular complexity index is 1310. The van der Waals surface area contributed by atoms with Crippen molar-refractivity contribution in [2.75, 3.05) is 6.61 Å². The predicted octanol–water partition coefficient (Wildman–Crippen LogP) is 5.17. The van der Waals surface area contributed by atoms with Gasteiger partial charge in [-0.2, -0.15) is 0 Å². The maximum Gasteiger partial charge on any atom is 0.199 e. The summed E-state index contributed by atoms with van der Waals surface area (Å²) in [5.74, 6) is 1.15. The number of hydrogen-bond acceptors (Lipinski definition) is 4. The fourth-order valence-corrected chi connectivity index (χ4v) is 3.35. The summed E-state index contributed by atoms with van der Waals surface area (Å²) in [5, 5.41) is 0. The third kappa shape index (κ3) is 3.08. The van der Waals surface area contributed by atoms with Crippen molar-refractivity contribution < 1.29 is 9.13 Å². The molecule has 0 aliphatic carbocycles. The van der Waals surface area contributed by atoms with Gasteiger partial charge in [0, 0.05) is 11.3 Å². The van der Waals surface area contributed by atoms with Crippen LogP contribution in [0.2, 0.25) is 0 Å². The van der Waals surface area contributed by atoms with Gasteiger partial charge in [-0.1, -0.05) is 12.1 Å². The molecule has 5 nitrogen and oxygen atoms in total. The van der Waals surface area contributed by atoms with Crippen LogP contribution in [0.5, 0.6) is 5.75 Å². The molecule has 0 bridgehead atoms. The highest BCUT2D eigenvalue weighted by molar-refractivity contribution is 5.86. The van der Waals surface area contributed by atoms with E-state index in [0.29, 0.717) is 23.7 Å². The van der Waals surface area contributed by atoms with E-state index in [1.54, 1.807) is 12.1 Å². The van der Waals surface area contributed by atoms with Crippen LogP contribution >= 0.6 is 0 Å². The van der Waals surface area contributed by atoms with Crippen LogP contribution in [0.3, 0.4) is 0 Å². The SMILES string of the molecule is CCOc1ccc(-n2c(-c3ccc(F)cc3)nc3nc4ccccc4nc32)cc1. The Morgan fingerprint density at radius 2 is 1.52 bits per heavy atom. The van der Waals surface area contributed by atoms with Crippen molar-refractivity contribution in [2.24, 2.45) is 0 Å².